The van der Waals surface area contributed by atoms with Gasteiger partial charge in [0.15, 0.2) is 5.76 Å². The molecule has 1 aliphatic rings. The molecule has 1 unspecified atom stereocenters. The van der Waals surface area contributed by atoms with E-state index in [0.717, 1.165) is 18.5 Å². The van der Waals surface area contributed by atoms with Crippen LogP contribution in [0.15, 0.2) is 10.6 Å². The fraction of sp³-hybridized carbons (Fsp3) is 0.583. The summed E-state index contributed by atoms with van der Waals surface area (Å²) in [5.41, 5.74) is -0.480. The van der Waals surface area contributed by atoms with Gasteiger partial charge in [0.1, 0.15) is 5.54 Å². The van der Waals surface area contributed by atoms with E-state index in [1.807, 2.05) is 0 Å². The summed E-state index contributed by atoms with van der Waals surface area (Å²) in [6, 6.07) is 1.18. The Hall–Kier alpha value is -2.05. The van der Waals surface area contributed by atoms with Gasteiger partial charge in [0, 0.05) is 6.07 Å². The molecular weight excluding hydrogens is 250 g/mol. The zero-order valence-electron chi connectivity index (χ0n) is 10.9. The molecular formula is C12H17N3O4. The number of hydrogen-bond acceptors (Lipinski definition) is 4. The van der Waals surface area contributed by atoms with Gasteiger partial charge in [-0.3, -0.25) is 0 Å². The Morgan fingerprint density at radius 3 is 2.74 bits per heavy atom. The van der Waals surface area contributed by atoms with E-state index < -0.39 is 17.5 Å². The fourth-order valence-corrected chi connectivity index (χ4v) is 1.94. The second-order valence-corrected chi connectivity index (χ2v) is 5.02. The van der Waals surface area contributed by atoms with Crippen molar-refractivity contribution >= 4 is 12.0 Å². The van der Waals surface area contributed by atoms with Crippen molar-refractivity contribution in [1.82, 2.24) is 15.8 Å². The standard InChI is InChI=1S/C12H17N3O4/c1-7-5-9(19-15-7)6-13-11(18)14-12(2,10(16)17)8-3-4-8/h5,8H,3-4,6H2,1-2H3,(H,16,17)(H2,13,14,18). The monoisotopic (exact) mass is 267 g/mol. The van der Waals surface area contributed by atoms with Gasteiger partial charge < -0.3 is 20.3 Å². The van der Waals surface area contributed by atoms with Crippen LogP contribution >= 0.6 is 0 Å². The topological polar surface area (TPSA) is 104 Å². The summed E-state index contributed by atoms with van der Waals surface area (Å²) in [5.74, 6) is -0.486. The Kier molecular flexibility index (Phi) is 3.46. The Labute approximate surface area is 110 Å². The van der Waals surface area contributed by atoms with E-state index in [-0.39, 0.29) is 12.5 Å². The summed E-state index contributed by atoms with van der Waals surface area (Å²) >= 11 is 0. The molecule has 0 aromatic carbocycles. The molecule has 1 aromatic heterocycles. The highest BCUT2D eigenvalue weighted by Crippen LogP contribution is 2.39. The van der Waals surface area contributed by atoms with Gasteiger partial charge in [-0.2, -0.15) is 0 Å². The lowest BCUT2D eigenvalue weighted by Crippen LogP contribution is -2.56. The van der Waals surface area contributed by atoms with E-state index >= 15 is 0 Å². The maximum Gasteiger partial charge on any atom is 0.329 e. The highest BCUT2D eigenvalue weighted by atomic mass is 16.5. The molecule has 19 heavy (non-hydrogen) atoms. The molecule has 0 radical (unpaired) electrons. The largest absolute Gasteiger partial charge is 0.480 e. The summed E-state index contributed by atoms with van der Waals surface area (Å²) in [6.45, 7) is 3.49. The highest BCUT2D eigenvalue weighted by molar-refractivity contribution is 5.86. The van der Waals surface area contributed by atoms with Crippen molar-refractivity contribution in [2.75, 3.05) is 0 Å². The van der Waals surface area contributed by atoms with Gasteiger partial charge in [0.2, 0.25) is 0 Å². The number of urea groups is 1. The number of aromatic nitrogens is 1. The Morgan fingerprint density at radius 1 is 1.58 bits per heavy atom. The molecule has 0 aliphatic heterocycles. The predicted octanol–water partition coefficient (Wildman–Crippen LogP) is 1.04. The van der Waals surface area contributed by atoms with E-state index in [1.165, 1.54) is 6.92 Å². The lowest BCUT2D eigenvalue weighted by atomic mass is 9.96. The van der Waals surface area contributed by atoms with Crippen LogP contribution in [0.1, 0.15) is 31.2 Å². The average molecular weight is 267 g/mol. The van der Waals surface area contributed by atoms with Gasteiger partial charge in [-0.1, -0.05) is 5.16 Å². The first-order valence-corrected chi connectivity index (χ1v) is 6.13. The minimum Gasteiger partial charge on any atom is -0.480 e. The van der Waals surface area contributed by atoms with Crippen molar-refractivity contribution in [3.05, 3.63) is 17.5 Å². The minimum absolute atomic E-state index is 0.00303. The molecule has 1 atom stereocenters. The van der Waals surface area contributed by atoms with Crippen molar-refractivity contribution in [3.63, 3.8) is 0 Å². The number of carbonyl (C=O) groups is 2. The third kappa shape index (κ3) is 3.04. The molecule has 0 saturated heterocycles. The first-order chi connectivity index (χ1) is 8.91. The van der Waals surface area contributed by atoms with Crippen LogP contribution in [0.25, 0.3) is 0 Å². The van der Waals surface area contributed by atoms with E-state index in [9.17, 15) is 14.7 Å². The third-order valence-electron chi connectivity index (χ3n) is 3.31. The van der Waals surface area contributed by atoms with Crippen molar-refractivity contribution in [3.8, 4) is 0 Å². The summed E-state index contributed by atoms with van der Waals surface area (Å²) in [5, 5.41) is 18.0. The van der Waals surface area contributed by atoms with Crippen LogP contribution in [0.5, 0.6) is 0 Å². The van der Waals surface area contributed by atoms with Crippen LogP contribution in [-0.4, -0.2) is 27.8 Å². The number of carboxylic acid groups (broad SMARTS) is 1. The average Bonchev–Trinajstić information content (AvgIpc) is 3.11. The summed E-state index contributed by atoms with van der Waals surface area (Å²) in [7, 11) is 0. The SMILES string of the molecule is Cc1cc(CNC(=O)NC(C)(C(=O)O)C2CC2)on1. The molecule has 3 N–H and O–H groups in total. The number of rotatable bonds is 5. The normalized spacial score (nSPS) is 17.6. The van der Waals surface area contributed by atoms with Crippen LogP contribution in [0.2, 0.25) is 0 Å². The summed E-state index contributed by atoms with van der Waals surface area (Å²) < 4.78 is 4.94. The van der Waals surface area contributed by atoms with Crippen LogP contribution in [0.4, 0.5) is 4.79 Å². The number of nitrogens with zero attached hydrogens (tertiary/aromatic N) is 1. The number of aliphatic carboxylic acids is 1. The first-order valence-electron chi connectivity index (χ1n) is 6.13. The first kappa shape index (κ1) is 13.4. The van der Waals surface area contributed by atoms with Crippen molar-refractivity contribution in [1.29, 1.82) is 0 Å². The lowest BCUT2D eigenvalue weighted by molar-refractivity contribution is -0.144. The molecule has 0 spiro atoms. The van der Waals surface area contributed by atoms with Gasteiger partial charge in [0.25, 0.3) is 0 Å². The third-order valence-corrected chi connectivity index (χ3v) is 3.31. The second kappa shape index (κ2) is 4.91. The van der Waals surface area contributed by atoms with Crippen LogP contribution < -0.4 is 10.6 Å². The van der Waals surface area contributed by atoms with Crippen molar-refractivity contribution in [2.45, 2.75) is 38.8 Å². The number of aryl methyl sites for hydroxylation is 1. The van der Waals surface area contributed by atoms with Gasteiger partial charge in [-0.05, 0) is 32.6 Å². The predicted molar refractivity (Wildman–Crippen MR) is 65.4 cm³/mol. The van der Waals surface area contributed by atoms with Crippen molar-refractivity contribution in [2.24, 2.45) is 5.92 Å². The van der Waals surface area contributed by atoms with Crippen molar-refractivity contribution < 1.29 is 19.2 Å². The molecule has 1 saturated carbocycles. The van der Waals surface area contributed by atoms with Crippen LogP contribution in [0.3, 0.4) is 0 Å². The molecule has 1 heterocycles. The molecule has 104 valence electrons. The summed E-state index contributed by atoms with van der Waals surface area (Å²) in [6.07, 6.45) is 1.65. The number of carbonyl (C=O) groups excluding carboxylic acids is 1. The van der Waals surface area contributed by atoms with E-state index in [0.29, 0.717) is 5.76 Å². The Morgan fingerprint density at radius 2 is 2.26 bits per heavy atom. The zero-order chi connectivity index (χ0) is 14.0. The number of nitrogens with one attached hydrogen (secondary N) is 2. The molecule has 2 amide bonds. The van der Waals surface area contributed by atoms with Crippen LogP contribution in [-0.2, 0) is 11.3 Å². The van der Waals surface area contributed by atoms with E-state index in [1.54, 1.807) is 13.0 Å². The maximum absolute atomic E-state index is 11.7. The smallest absolute Gasteiger partial charge is 0.329 e. The maximum atomic E-state index is 11.7. The minimum atomic E-state index is -1.21. The molecule has 1 aliphatic carbocycles. The van der Waals surface area contributed by atoms with Gasteiger partial charge in [0.05, 0.1) is 12.2 Å². The molecule has 7 nitrogen and oxygen atoms in total. The van der Waals surface area contributed by atoms with Crippen LogP contribution in [0, 0.1) is 12.8 Å². The molecule has 1 fully saturated rings. The number of carboxylic acids is 1. The van der Waals surface area contributed by atoms with E-state index in [4.69, 9.17) is 4.52 Å². The van der Waals surface area contributed by atoms with Gasteiger partial charge >= 0.3 is 12.0 Å². The quantitative estimate of drug-likeness (QED) is 0.739. The number of hydrogen-bond donors (Lipinski definition) is 3. The lowest BCUT2D eigenvalue weighted by Gasteiger charge is -2.26. The second-order valence-electron chi connectivity index (χ2n) is 5.02. The zero-order valence-corrected chi connectivity index (χ0v) is 10.9. The highest BCUT2D eigenvalue weighted by Gasteiger charge is 2.48. The van der Waals surface area contributed by atoms with Gasteiger partial charge in [-0.15, -0.1) is 0 Å². The number of amides is 2. The molecule has 2 rings (SSSR count). The molecule has 1 aromatic rings. The molecule has 0 bridgehead atoms. The Bertz CT molecular complexity index is 495. The fourth-order valence-electron chi connectivity index (χ4n) is 1.94. The summed E-state index contributed by atoms with van der Waals surface area (Å²) in [4.78, 5) is 23.0. The van der Waals surface area contributed by atoms with Gasteiger partial charge in [-0.25, -0.2) is 9.59 Å². The molecule has 7 heteroatoms. The van der Waals surface area contributed by atoms with E-state index in [2.05, 4.69) is 15.8 Å². The Balaban J connectivity index is 1.88.